The highest BCUT2D eigenvalue weighted by molar-refractivity contribution is 7.85. The lowest BCUT2D eigenvalue weighted by atomic mass is 9.48. The zero-order valence-corrected chi connectivity index (χ0v) is 13.7. The van der Waals surface area contributed by atoms with E-state index in [1.807, 2.05) is 0 Å². The number of carbonyl (C=O) groups excluding carboxylic acids is 1. The lowest BCUT2D eigenvalue weighted by molar-refractivity contribution is -0.196. The minimum absolute atomic E-state index is 0.217. The third-order valence-electron chi connectivity index (χ3n) is 5.52. The average Bonchev–Trinajstić information content (AvgIpc) is 2.33. The highest BCUT2D eigenvalue weighted by Gasteiger charge is 2.60. The van der Waals surface area contributed by atoms with Crippen LogP contribution in [0.4, 0.5) is 4.39 Å². The van der Waals surface area contributed by atoms with Gasteiger partial charge in [-0.2, -0.15) is 8.42 Å². The summed E-state index contributed by atoms with van der Waals surface area (Å²) in [6.45, 7) is -0.217. The summed E-state index contributed by atoms with van der Waals surface area (Å²) in [5, 5.41) is 10.6. The zero-order valence-electron chi connectivity index (χ0n) is 12.9. The molecule has 0 amide bonds. The summed E-state index contributed by atoms with van der Waals surface area (Å²) in [5.41, 5.74) is -1.43. The van der Waals surface area contributed by atoms with Crippen molar-refractivity contribution in [3.05, 3.63) is 0 Å². The highest BCUT2D eigenvalue weighted by atomic mass is 32.2. The first-order chi connectivity index (χ1) is 10.6. The number of halogens is 1. The minimum atomic E-state index is -4.37. The van der Waals surface area contributed by atoms with E-state index in [2.05, 4.69) is 0 Å². The predicted molar refractivity (Wildman–Crippen MR) is 79.0 cm³/mol. The second-order valence-corrected chi connectivity index (χ2v) is 9.23. The molecule has 4 aliphatic carbocycles. The fourth-order valence-electron chi connectivity index (χ4n) is 5.20. The molecular formula is C15H23FO6S. The van der Waals surface area contributed by atoms with Crippen molar-refractivity contribution in [2.45, 2.75) is 56.7 Å². The first-order valence-corrected chi connectivity index (χ1v) is 9.69. The van der Waals surface area contributed by atoms with Crippen LogP contribution in [-0.4, -0.2) is 48.2 Å². The van der Waals surface area contributed by atoms with Crippen LogP contribution in [0, 0.1) is 17.3 Å². The van der Waals surface area contributed by atoms with Gasteiger partial charge >= 0.3 is 5.97 Å². The molecule has 0 aromatic carbocycles. The first-order valence-electron chi connectivity index (χ1n) is 8.08. The Morgan fingerprint density at radius 2 is 1.87 bits per heavy atom. The van der Waals surface area contributed by atoms with E-state index in [9.17, 15) is 22.7 Å². The Bertz CT molecular complexity index is 575. The van der Waals surface area contributed by atoms with E-state index >= 15 is 0 Å². The maximum Gasteiger partial charge on any atom is 0.312 e. The van der Waals surface area contributed by atoms with Crippen LogP contribution in [0.2, 0.25) is 0 Å². The molecule has 0 aromatic rings. The van der Waals surface area contributed by atoms with E-state index in [-0.39, 0.29) is 13.0 Å². The van der Waals surface area contributed by atoms with Crippen LogP contribution >= 0.6 is 0 Å². The topological polar surface area (TPSA) is 101 Å². The molecule has 0 aromatic heterocycles. The van der Waals surface area contributed by atoms with Crippen molar-refractivity contribution in [1.82, 2.24) is 0 Å². The number of carbonyl (C=O) groups is 1. The molecule has 2 N–H and O–H groups in total. The molecule has 4 saturated carbocycles. The molecule has 0 spiro atoms. The summed E-state index contributed by atoms with van der Waals surface area (Å²) in [6.07, 6.45) is 2.37. The van der Waals surface area contributed by atoms with Crippen molar-refractivity contribution >= 4 is 16.1 Å². The van der Waals surface area contributed by atoms with Gasteiger partial charge in [0.05, 0.1) is 17.6 Å². The van der Waals surface area contributed by atoms with Crippen molar-refractivity contribution < 1.29 is 32.0 Å². The van der Waals surface area contributed by atoms with E-state index in [1.54, 1.807) is 0 Å². The number of esters is 1. The summed E-state index contributed by atoms with van der Waals surface area (Å²) in [7, 11) is -4.37. The van der Waals surface area contributed by atoms with E-state index in [4.69, 9.17) is 9.29 Å². The molecule has 8 heteroatoms. The van der Waals surface area contributed by atoms with Gasteiger partial charge in [0.1, 0.15) is 11.9 Å². The molecule has 0 radical (unpaired) electrons. The van der Waals surface area contributed by atoms with Crippen molar-refractivity contribution in [3.63, 3.8) is 0 Å². The third kappa shape index (κ3) is 3.69. The van der Waals surface area contributed by atoms with Gasteiger partial charge in [0.2, 0.25) is 0 Å². The van der Waals surface area contributed by atoms with Gasteiger partial charge in [0.25, 0.3) is 10.1 Å². The molecule has 132 valence electrons. The van der Waals surface area contributed by atoms with E-state index in [1.165, 1.54) is 0 Å². The fraction of sp³-hybridized carbons (Fsp3) is 0.933. The van der Waals surface area contributed by atoms with Crippen LogP contribution in [0.15, 0.2) is 0 Å². The van der Waals surface area contributed by atoms with Gasteiger partial charge in [-0.25, -0.2) is 4.39 Å². The summed E-state index contributed by atoms with van der Waals surface area (Å²) in [4.78, 5) is 12.5. The number of ether oxygens (including phenoxy) is 1. The molecule has 0 saturated heterocycles. The van der Waals surface area contributed by atoms with Crippen LogP contribution in [0.1, 0.15) is 44.9 Å². The van der Waals surface area contributed by atoms with Gasteiger partial charge in [-0.3, -0.25) is 9.35 Å². The molecule has 4 rings (SSSR count). The van der Waals surface area contributed by atoms with E-state index in [0.29, 0.717) is 31.1 Å². The summed E-state index contributed by atoms with van der Waals surface area (Å²) >= 11 is 0. The molecule has 4 bridgehead atoms. The molecule has 0 heterocycles. The lowest BCUT2D eigenvalue weighted by Crippen LogP contribution is -2.58. The Morgan fingerprint density at radius 3 is 2.39 bits per heavy atom. The maximum atomic E-state index is 13.4. The summed E-state index contributed by atoms with van der Waals surface area (Å²) < 4.78 is 48.3. The van der Waals surface area contributed by atoms with Gasteiger partial charge in [-0.1, -0.05) is 0 Å². The average molecular weight is 350 g/mol. The normalized spacial score (nSPS) is 40.1. The summed E-state index contributed by atoms with van der Waals surface area (Å²) in [6, 6.07) is 0. The minimum Gasteiger partial charge on any atom is -0.465 e. The number of rotatable bonds is 6. The molecule has 3 unspecified atom stereocenters. The Balaban J connectivity index is 1.55. The molecule has 23 heavy (non-hydrogen) atoms. The molecule has 4 fully saturated rings. The second kappa shape index (κ2) is 5.67. The summed E-state index contributed by atoms with van der Waals surface area (Å²) in [5.74, 6) is -0.687. The fourth-order valence-corrected chi connectivity index (χ4v) is 5.82. The van der Waals surface area contributed by atoms with Gasteiger partial charge < -0.3 is 9.84 Å². The number of aliphatic hydroxyl groups is 1. The molecule has 0 aliphatic heterocycles. The molecule has 4 aliphatic rings. The number of hydrogen-bond acceptors (Lipinski definition) is 5. The Kier molecular flexibility index (Phi) is 4.21. The molecule has 6 nitrogen and oxygen atoms in total. The van der Waals surface area contributed by atoms with Gasteiger partial charge in [0.15, 0.2) is 0 Å². The Labute approximate surface area is 135 Å². The van der Waals surface area contributed by atoms with Gasteiger partial charge in [-0.15, -0.1) is 0 Å². The lowest BCUT2D eigenvalue weighted by Gasteiger charge is -2.58. The van der Waals surface area contributed by atoms with Crippen molar-refractivity contribution in [3.8, 4) is 0 Å². The third-order valence-corrected chi connectivity index (χ3v) is 6.30. The van der Waals surface area contributed by atoms with E-state index in [0.717, 1.165) is 19.3 Å². The zero-order chi connectivity index (χ0) is 16.9. The quantitative estimate of drug-likeness (QED) is 0.556. The van der Waals surface area contributed by atoms with E-state index < -0.39 is 39.0 Å². The van der Waals surface area contributed by atoms with Crippen molar-refractivity contribution in [2.75, 3.05) is 12.4 Å². The SMILES string of the molecule is O=C(OCCC(F)CS(=O)(=O)O)C12CC3CC(CC(O)(C3)C1)C2. The maximum absolute atomic E-state index is 13.4. The Morgan fingerprint density at radius 1 is 1.26 bits per heavy atom. The predicted octanol–water partition coefficient (Wildman–Crippen LogP) is 1.48. The van der Waals surface area contributed by atoms with Gasteiger partial charge in [-0.05, 0) is 50.4 Å². The highest BCUT2D eigenvalue weighted by Crippen LogP contribution is 2.61. The van der Waals surface area contributed by atoms with Crippen LogP contribution in [0.25, 0.3) is 0 Å². The first kappa shape index (κ1) is 17.1. The standard InChI is InChI=1S/C15H23FO6S/c16-12(8-23(19,20)21)1-2-22-13(17)14-4-10-3-11(5-14)7-15(18,6-10)9-14/h10-12,18H,1-9H2,(H,19,20,21). The largest absolute Gasteiger partial charge is 0.465 e. The smallest absolute Gasteiger partial charge is 0.312 e. The van der Waals surface area contributed by atoms with Gasteiger partial charge in [0, 0.05) is 6.42 Å². The molecular weight excluding hydrogens is 327 g/mol. The van der Waals surface area contributed by atoms with Crippen LogP contribution in [-0.2, 0) is 19.6 Å². The molecule has 3 atom stereocenters. The number of alkyl halides is 1. The van der Waals surface area contributed by atoms with Crippen molar-refractivity contribution in [1.29, 1.82) is 0 Å². The van der Waals surface area contributed by atoms with Crippen molar-refractivity contribution in [2.24, 2.45) is 17.3 Å². The second-order valence-electron chi connectivity index (χ2n) is 7.74. The van der Waals surface area contributed by atoms with Crippen LogP contribution in [0.3, 0.4) is 0 Å². The van der Waals surface area contributed by atoms with Crippen LogP contribution in [0.5, 0.6) is 0 Å². The Hall–Kier alpha value is -0.730. The monoisotopic (exact) mass is 350 g/mol. The number of hydrogen-bond donors (Lipinski definition) is 2. The van der Waals surface area contributed by atoms with Crippen LogP contribution < -0.4 is 0 Å².